The number of nitrogens with zero attached hydrogens (tertiary/aromatic N) is 1. The number of benzene rings is 1. The molecule has 0 bridgehead atoms. The Hall–Kier alpha value is -2.41. The fourth-order valence-corrected chi connectivity index (χ4v) is 4.59. The average Bonchev–Trinajstić information content (AvgIpc) is 2.94. The van der Waals surface area contributed by atoms with Crippen molar-refractivity contribution in [2.75, 3.05) is 16.8 Å². The number of hydrogen-bond donors (Lipinski definition) is 2. The van der Waals surface area contributed by atoms with Crippen LogP contribution >= 0.6 is 0 Å². The molecular weight excluding hydrogens is 338 g/mol. The zero-order valence-corrected chi connectivity index (χ0v) is 14.8. The summed E-state index contributed by atoms with van der Waals surface area (Å²) in [6, 6.07) is 9.36. The van der Waals surface area contributed by atoms with E-state index >= 15 is 0 Å². The molecule has 132 valence electrons. The van der Waals surface area contributed by atoms with Crippen molar-refractivity contribution < 1.29 is 13.2 Å². The number of amides is 1. The van der Waals surface area contributed by atoms with Crippen molar-refractivity contribution >= 4 is 27.1 Å². The number of anilines is 2. The Morgan fingerprint density at radius 1 is 1.28 bits per heavy atom. The molecule has 1 atom stereocenters. The Morgan fingerprint density at radius 2 is 2.08 bits per heavy atom. The van der Waals surface area contributed by atoms with E-state index in [2.05, 4.69) is 22.5 Å². The minimum absolute atomic E-state index is 0.00792. The molecule has 1 aliphatic rings. The normalized spacial score (nSPS) is 18.7. The van der Waals surface area contributed by atoms with Crippen molar-refractivity contribution in [1.82, 2.24) is 10.3 Å². The third-order valence-electron chi connectivity index (χ3n) is 4.25. The summed E-state index contributed by atoms with van der Waals surface area (Å²) in [6.45, 7) is 2.08. The van der Waals surface area contributed by atoms with E-state index in [1.807, 2.05) is 24.3 Å². The first-order valence-electron chi connectivity index (χ1n) is 8.28. The molecule has 1 aliphatic heterocycles. The predicted molar refractivity (Wildman–Crippen MR) is 97.9 cm³/mol. The number of aryl methyl sites for hydroxylation is 1. The van der Waals surface area contributed by atoms with Crippen molar-refractivity contribution in [2.24, 2.45) is 0 Å². The summed E-state index contributed by atoms with van der Waals surface area (Å²) in [5.41, 5.74) is 3.27. The molecule has 1 unspecified atom stereocenters. The number of para-hydroxylation sites is 1. The highest BCUT2D eigenvalue weighted by Crippen LogP contribution is 2.21. The van der Waals surface area contributed by atoms with Crippen molar-refractivity contribution in [3.63, 3.8) is 0 Å². The lowest BCUT2D eigenvalue weighted by molar-refractivity contribution is 0.0941. The second-order valence-electron chi connectivity index (χ2n) is 6.17. The van der Waals surface area contributed by atoms with Gasteiger partial charge in [-0.1, -0.05) is 25.1 Å². The third kappa shape index (κ3) is 4.36. The molecule has 2 aromatic rings. The van der Waals surface area contributed by atoms with Crippen LogP contribution in [0.1, 0.15) is 29.3 Å². The van der Waals surface area contributed by atoms with Gasteiger partial charge in [-0.15, -0.1) is 0 Å². The van der Waals surface area contributed by atoms with Gasteiger partial charge >= 0.3 is 0 Å². The van der Waals surface area contributed by atoms with Gasteiger partial charge in [0.2, 0.25) is 0 Å². The maximum Gasteiger partial charge on any atom is 0.253 e. The maximum absolute atomic E-state index is 12.4. The van der Waals surface area contributed by atoms with Gasteiger partial charge in [0.1, 0.15) is 0 Å². The van der Waals surface area contributed by atoms with Crippen LogP contribution in [0.15, 0.2) is 42.7 Å². The van der Waals surface area contributed by atoms with Gasteiger partial charge in [-0.3, -0.25) is 9.78 Å². The number of nitrogens with one attached hydrogen (secondary N) is 2. The van der Waals surface area contributed by atoms with Crippen LogP contribution in [-0.2, 0) is 16.3 Å². The molecule has 0 radical (unpaired) electrons. The van der Waals surface area contributed by atoms with Crippen LogP contribution in [0.3, 0.4) is 0 Å². The molecule has 0 saturated carbocycles. The predicted octanol–water partition coefficient (Wildman–Crippen LogP) is 2.30. The van der Waals surface area contributed by atoms with Gasteiger partial charge in [-0.05, 0) is 30.5 Å². The topological polar surface area (TPSA) is 88.2 Å². The van der Waals surface area contributed by atoms with Gasteiger partial charge in [0, 0.05) is 17.9 Å². The summed E-state index contributed by atoms with van der Waals surface area (Å²) in [6.07, 6.45) is 4.50. The number of carbonyl (C=O) groups is 1. The SMILES string of the molecule is CCc1ccccc1Nc1cncc(C(=O)NC2CCS(=O)(=O)C2)c1. The van der Waals surface area contributed by atoms with Crippen LogP contribution < -0.4 is 10.6 Å². The van der Waals surface area contributed by atoms with Crippen LogP contribution in [0.2, 0.25) is 0 Å². The highest BCUT2D eigenvalue weighted by molar-refractivity contribution is 7.91. The first-order valence-corrected chi connectivity index (χ1v) is 10.1. The summed E-state index contributed by atoms with van der Waals surface area (Å²) in [4.78, 5) is 16.5. The monoisotopic (exact) mass is 359 g/mol. The average molecular weight is 359 g/mol. The standard InChI is InChI=1S/C18H21N3O3S/c1-2-13-5-3-4-6-17(13)20-16-9-14(10-19-11-16)18(22)21-15-7-8-25(23,24)12-15/h3-6,9-11,15,20H,2,7-8,12H2,1H3,(H,21,22). The molecule has 3 rings (SSSR count). The molecule has 2 heterocycles. The van der Waals surface area contributed by atoms with Crippen molar-refractivity contribution in [3.05, 3.63) is 53.9 Å². The molecule has 7 heteroatoms. The van der Waals surface area contributed by atoms with Gasteiger partial charge in [0.25, 0.3) is 5.91 Å². The highest BCUT2D eigenvalue weighted by atomic mass is 32.2. The summed E-state index contributed by atoms with van der Waals surface area (Å²) in [5.74, 6) is -0.165. The van der Waals surface area contributed by atoms with Gasteiger partial charge in [-0.25, -0.2) is 8.42 Å². The maximum atomic E-state index is 12.4. The summed E-state index contributed by atoms with van der Waals surface area (Å²) < 4.78 is 23.0. The van der Waals surface area contributed by atoms with Crippen molar-refractivity contribution in [3.8, 4) is 0 Å². The first-order chi connectivity index (χ1) is 12.0. The van der Waals surface area contributed by atoms with E-state index in [0.717, 1.165) is 12.1 Å². The quantitative estimate of drug-likeness (QED) is 0.855. The zero-order valence-electron chi connectivity index (χ0n) is 14.0. The van der Waals surface area contributed by atoms with Crippen LogP contribution in [0.5, 0.6) is 0 Å². The second kappa shape index (κ2) is 7.23. The zero-order chi connectivity index (χ0) is 17.9. The summed E-state index contributed by atoms with van der Waals surface area (Å²) in [5, 5.41) is 6.07. The number of aromatic nitrogens is 1. The van der Waals surface area contributed by atoms with Crippen molar-refractivity contribution in [1.29, 1.82) is 0 Å². The Bertz CT molecular complexity index is 881. The number of pyridine rings is 1. The molecule has 0 aliphatic carbocycles. The fourth-order valence-electron chi connectivity index (χ4n) is 2.92. The molecule has 1 amide bonds. The molecule has 1 saturated heterocycles. The Kier molecular flexibility index (Phi) is 5.03. The van der Waals surface area contributed by atoms with Gasteiger partial charge in [-0.2, -0.15) is 0 Å². The van der Waals surface area contributed by atoms with Crippen LogP contribution in [0, 0.1) is 0 Å². The minimum Gasteiger partial charge on any atom is -0.354 e. The van der Waals surface area contributed by atoms with Gasteiger partial charge < -0.3 is 10.6 Å². The first kappa shape index (κ1) is 17.4. The van der Waals surface area contributed by atoms with E-state index in [4.69, 9.17) is 0 Å². The fraction of sp³-hybridized carbons (Fsp3) is 0.333. The van der Waals surface area contributed by atoms with E-state index in [1.54, 1.807) is 12.3 Å². The van der Waals surface area contributed by atoms with Gasteiger partial charge in [0.05, 0.1) is 29.0 Å². The number of sulfone groups is 1. The van der Waals surface area contributed by atoms with E-state index in [9.17, 15) is 13.2 Å². The minimum atomic E-state index is -3.02. The molecule has 1 aromatic carbocycles. The van der Waals surface area contributed by atoms with E-state index in [1.165, 1.54) is 11.8 Å². The largest absolute Gasteiger partial charge is 0.354 e. The van der Waals surface area contributed by atoms with Crippen LogP contribution in [0.25, 0.3) is 0 Å². The molecular formula is C18H21N3O3S. The lowest BCUT2D eigenvalue weighted by Gasteiger charge is -2.13. The molecule has 2 N–H and O–H groups in total. The van der Waals surface area contributed by atoms with E-state index < -0.39 is 9.84 Å². The molecule has 6 nitrogen and oxygen atoms in total. The molecule has 1 aromatic heterocycles. The van der Waals surface area contributed by atoms with Crippen LogP contribution in [-0.4, -0.2) is 36.9 Å². The molecule has 0 spiro atoms. The van der Waals surface area contributed by atoms with Crippen LogP contribution in [0.4, 0.5) is 11.4 Å². The molecule has 25 heavy (non-hydrogen) atoms. The second-order valence-corrected chi connectivity index (χ2v) is 8.40. The highest BCUT2D eigenvalue weighted by Gasteiger charge is 2.29. The third-order valence-corrected chi connectivity index (χ3v) is 6.01. The lowest BCUT2D eigenvalue weighted by Crippen LogP contribution is -2.35. The number of rotatable bonds is 5. The smallest absolute Gasteiger partial charge is 0.253 e. The Morgan fingerprint density at radius 3 is 2.80 bits per heavy atom. The number of carbonyl (C=O) groups excluding carboxylic acids is 1. The summed E-state index contributed by atoms with van der Waals surface area (Å²) in [7, 11) is -3.02. The number of hydrogen-bond acceptors (Lipinski definition) is 5. The van der Waals surface area contributed by atoms with E-state index in [-0.39, 0.29) is 23.5 Å². The summed E-state index contributed by atoms with van der Waals surface area (Å²) >= 11 is 0. The van der Waals surface area contributed by atoms with E-state index in [0.29, 0.717) is 17.7 Å². The Balaban J connectivity index is 1.72. The molecule has 1 fully saturated rings. The lowest BCUT2D eigenvalue weighted by atomic mass is 10.1. The van der Waals surface area contributed by atoms with Gasteiger partial charge in [0.15, 0.2) is 9.84 Å². The van der Waals surface area contributed by atoms with Crippen molar-refractivity contribution in [2.45, 2.75) is 25.8 Å². The Labute approximate surface area is 147 Å².